The minimum atomic E-state index is -0.560. The molecule has 9 nitrogen and oxygen atoms in total. The van der Waals surface area contributed by atoms with Crippen LogP contribution in [0.5, 0.6) is 11.5 Å². The Morgan fingerprint density at radius 3 is 2.83 bits per heavy atom. The zero-order valence-corrected chi connectivity index (χ0v) is 17.5. The van der Waals surface area contributed by atoms with Crippen LogP contribution in [-0.4, -0.2) is 66.0 Å². The fourth-order valence-electron chi connectivity index (χ4n) is 3.34. The molecule has 156 valence electrons. The number of hydrogen-bond donors (Lipinski definition) is 0. The van der Waals surface area contributed by atoms with Gasteiger partial charge in [-0.3, -0.25) is 14.9 Å². The monoisotopic (exact) mass is 420 g/mol. The molecule has 1 atom stereocenters. The Balaban J connectivity index is 1.89. The summed E-state index contributed by atoms with van der Waals surface area (Å²) in [6.45, 7) is 1.26. The normalized spacial score (nSPS) is 16.7. The van der Waals surface area contributed by atoms with Crippen LogP contribution < -0.4 is 9.47 Å². The minimum Gasteiger partial charge on any atom is -0.493 e. The number of piperidine rings is 1. The first-order valence-electron chi connectivity index (χ1n) is 9.22. The van der Waals surface area contributed by atoms with E-state index in [0.29, 0.717) is 18.8 Å². The van der Waals surface area contributed by atoms with Gasteiger partial charge >= 0.3 is 0 Å². The molecule has 29 heavy (non-hydrogen) atoms. The molecular formula is C19H24N4O5S. The molecule has 1 aliphatic heterocycles. The molecule has 1 unspecified atom stereocenters. The molecule has 0 saturated carbocycles. The maximum Gasteiger partial charge on any atom is 0.286 e. The smallest absolute Gasteiger partial charge is 0.286 e. The Morgan fingerprint density at radius 1 is 1.41 bits per heavy atom. The highest BCUT2D eigenvalue weighted by atomic mass is 32.1. The average molecular weight is 420 g/mol. The zero-order valence-electron chi connectivity index (χ0n) is 16.7. The highest BCUT2D eigenvalue weighted by Crippen LogP contribution is 2.36. The Morgan fingerprint density at radius 2 is 2.21 bits per heavy atom. The van der Waals surface area contributed by atoms with E-state index in [1.165, 1.54) is 30.6 Å². The lowest BCUT2D eigenvalue weighted by atomic mass is 10.0. The highest BCUT2D eigenvalue weighted by Gasteiger charge is 2.31. The van der Waals surface area contributed by atoms with Gasteiger partial charge in [-0.05, 0) is 26.9 Å². The van der Waals surface area contributed by atoms with E-state index in [0.717, 1.165) is 12.8 Å². The number of thiazole rings is 1. The van der Waals surface area contributed by atoms with Crippen molar-refractivity contribution in [2.45, 2.75) is 25.5 Å². The first kappa shape index (κ1) is 21.0. The predicted octanol–water partition coefficient (Wildman–Crippen LogP) is 2.81. The summed E-state index contributed by atoms with van der Waals surface area (Å²) < 4.78 is 11.0. The van der Waals surface area contributed by atoms with E-state index in [9.17, 15) is 14.9 Å². The van der Waals surface area contributed by atoms with Crippen LogP contribution in [0.1, 0.15) is 28.9 Å². The van der Waals surface area contributed by atoms with Crippen LogP contribution >= 0.6 is 11.3 Å². The fraction of sp³-hybridized carbons (Fsp3) is 0.474. The molecule has 0 radical (unpaired) electrons. The number of rotatable bonds is 7. The van der Waals surface area contributed by atoms with Gasteiger partial charge in [-0.1, -0.05) is 0 Å². The van der Waals surface area contributed by atoms with Crippen molar-refractivity contribution in [3.8, 4) is 11.5 Å². The number of methoxy groups -OCH3 is 1. The van der Waals surface area contributed by atoms with Crippen LogP contribution in [-0.2, 0) is 6.61 Å². The van der Waals surface area contributed by atoms with Crippen LogP contribution in [0.15, 0.2) is 23.0 Å². The number of benzene rings is 1. The lowest BCUT2D eigenvalue weighted by Gasteiger charge is -2.36. The number of nitro benzene ring substituents is 1. The molecule has 1 saturated heterocycles. The van der Waals surface area contributed by atoms with E-state index in [1.807, 2.05) is 19.5 Å². The maximum absolute atomic E-state index is 13.1. The number of aromatic nitrogens is 1. The molecule has 0 aliphatic carbocycles. The van der Waals surface area contributed by atoms with E-state index in [1.54, 1.807) is 10.4 Å². The van der Waals surface area contributed by atoms with Gasteiger partial charge in [0.2, 0.25) is 0 Å². The van der Waals surface area contributed by atoms with E-state index in [4.69, 9.17) is 9.47 Å². The number of nitro groups is 1. The van der Waals surface area contributed by atoms with Gasteiger partial charge in [-0.15, -0.1) is 11.3 Å². The third kappa shape index (κ3) is 4.83. The van der Waals surface area contributed by atoms with Crippen molar-refractivity contribution in [1.29, 1.82) is 0 Å². The highest BCUT2D eigenvalue weighted by molar-refractivity contribution is 7.07. The minimum absolute atomic E-state index is 0.00673. The summed E-state index contributed by atoms with van der Waals surface area (Å²) in [4.78, 5) is 32.1. The number of likely N-dealkylation sites (N-methyl/N-ethyl adjacent to an activating group) is 1. The molecule has 1 aromatic carbocycles. The molecule has 1 fully saturated rings. The third-order valence-corrected chi connectivity index (χ3v) is 5.62. The number of ether oxygens (including phenoxy) is 2. The van der Waals surface area contributed by atoms with Crippen LogP contribution in [0.25, 0.3) is 0 Å². The van der Waals surface area contributed by atoms with Crippen molar-refractivity contribution in [3.63, 3.8) is 0 Å². The van der Waals surface area contributed by atoms with Crippen molar-refractivity contribution in [3.05, 3.63) is 44.4 Å². The first-order chi connectivity index (χ1) is 13.9. The van der Waals surface area contributed by atoms with Gasteiger partial charge in [-0.25, -0.2) is 4.98 Å². The topological polar surface area (TPSA) is 98.0 Å². The Hall–Kier alpha value is -2.72. The predicted molar refractivity (Wildman–Crippen MR) is 109 cm³/mol. The Labute approximate surface area is 173 Å². The molecule has 1 aromatic heterocycles. The van der Waals surface area contributed by atoms with Crippen LogP contribution in [0.3, 0.4) is 0 Å². The second kappa shape index (κ2) is 9.19. The molecule has 2 heterocycles. The van der Waals surface area contributed by atoms with Gasteiger partial charge in [-0.2, -0.15) is 0 Å². The molecule has 3 rings (SSSR count). The standard InChI is InChI=1S/C19H24N4O5S/c1-21(2)14-5-4-6-22(9-14)19(24)15-7-17(27-3)18(8-16(15)23(25)26)28-10-13-11-29-12-20-13/h7-8,11-12,14H,4-6,9-10H2,1-3H3. The molecule has 0 bridgehead atoms. The SMILES string of the molecule is COc1cc(C(=O)N2CCCC(N(C)C)C2)c([N+](=O)[O-])cc1OCc1cscn1. The zero-order chi connectivity index (χ0) is 21.0. The van der Waals surface area contributed by atoms with E-state index in [-0.39, 0.29) is 41.3 Å². The summed E-state index contributed by atoms with van der Waals surface area (Å²) >= 11 is 1.43. The molecule has 0 spiro atoms. The van der Waals surface area contributed by atoms with E-state index in [2.05, 4.69) is 9.88 Å². The second-order valence-corrected chi connectivity index (χ2v) is 7.78. The quantitative estimate of drug-likeness (QED) is 0.502. The Bertz CT molecular complexity index is 872. The number of amides is 1. The van der Waals surface area contributed by atoms with Crippen molar-refractivity contribution >= 4 is 22.9 Å². The summed E-state index contributed by atoms with van der Waals surface area (Å²) in [6.07, 6.45) is 1.85. The van der Waals surface area contributed by atoms with Crippen LogP contribution in [0.4, 0.5) is 5.69 Å². The molecule has 2 aromatic rings. The summed E-state index contributed by atoms with van der Waals surface area (Å²) in [6, 6.07) is 2.89. The van der Waals surface area contributed by atoms with Gasteiger partial charge in [0.05, 0.1) is 29.3 Å². The second-order valence-electron chi connectivity index (χ2n) is 7.06. The molecule has 10 heteroatoms. The molecule has 0 N–H and O–H groups in total. The Kier molecular flexibility index (Phi) is 6.65. The first-order valence-corrected chi connectivity index (χ1v) is 10.2. The van der Waals surface area contributed by atoms with Gasteiger partial charge < -0.3 is 19.3 Å². The van der Waals surface area contributed by atoms with E-state index >= 15 is 0 Å². The molecular weight excluding hydrogens is 396 g/mol. The number of hydrogen-bond acceptors (Lipinski definition) is 8. The number of likely N-dealkylation sites (tertiary alicyclic amines) is 1. The average Bonchev–Trinajstić information content (AvgIpc) is 3.24. The van der Waals surface area contributed by atoms with Crippen molar-refractivity contribution in [2.75, 3.05) is 34.3 Å². The van der Waals surface area contributed by atoms with Crippen molar-refractivity contribution in [2.24, 2.45) is 0 Å². The van der Waals surface area contributed by atoms with Gasteiger partial charge in [0.1, 0.15) is 12.2 Å². The molecule has 1 amide bonds. The van der Waals surface area contributed by atoms with Gasteiger partial charge in [0.25, 0.3) is 11.6 Å². The third-order valence-electron chi connectivity index (χ3n) is 4.98. The summed E-state index contributed by atoms with van der Waals surface area (Å²) in [7, 11) is 5.38. The van der Waals surface area contributed by atoms with Crippen molar-refractivity contribution in [1.82, 2.24) is 14.8 Å². The summed E-state index contributed by atoms with van der Waals surface area (Å²) in [5.41, 5.74) is 2.10. The number of nitrogens with zero attached hydrogens (tertiary/aromatic N) is 4. The number of carbonyl (C=O) groups is 1. The summed E-state index contributed by atoms with van der Waals surface area (Å²) in [5, 5.41) is 13.5. The molecule has 1 aliphatic rings. The van der Waals surface area contributed by atoms with Gasteiger partial charge in [0, 0.05) is 30.6 Å². The largest absolute Gasteiger partial charge is 0.493 e. The number of carbonyl (C=O) groups excluding carboxylic acids is 1. The maximum atomic E-state index is 13.1. The summed E-state index contributed by atoms with van der Waals surface area (Å²) in [5.74, 6) is 0.108. The van der Waals surface area contributed by atoms with Gasteiger partial charge in [0.15, 0.2) is 11.5 Å². The van der Waals surface area contributed by atoms with Crippen LogP contribution in [0, 0.1) is 10.1 Å². The lowest BCUT2D eigenvalue weighted by molar-refractivity contribution is -0.385. The fourth-order valence-corrected chi connectivity index (χ4v) is 3.88. The lowest BCUT2D eigenvalue weighted by Crippen LogP contribution is -2.47. The van der Waals surface area contributed by atoms with Crippen LogP contribution in [0.2, 0.25) is 0 Å². The van der Waals surface area contributed by atoms with Crippen molar-refractivity contribution < 1.29 is 19.2 Å². The van der Waals surface area contributed by atoms with E-state index < -0.39 is 4.92 Å².